The quantitative estimate of drug-likeness (QED) is 0.0811. The first-order valence-corrected chi connectivity index (χ1v) is 18.6. The van der Waals surface area contributed by atoms with E-state index in [2.05, 4.69) is 0 Å². The Morgan fingerprint density at radius 3 is 0.800 bits per heavy atom. The summed E-state index contributed by atoms with van der Waals surface area (Å²) in [5, 5.41) is 95.0. The van der Waals surface area contributed by atoms with Gasteiger partial charge in [0.1, 0.15) is 110 Å². The van der Waals surface area contributed by atoms with Crippen molar-refractivity contribution in [2.45, 2.75) is 92.1 Å². The fourth-order valence-corrected chi connectivity index (χ4v) is 6.59. The summed E-state index contributed by atoms with van der Waals surface area (Å²) < 4.78 is 49.8. The van der Waals surface area contributed by atoms with Gasteiger partial charge in [0.25, 0.3) is 0 Å². The van der Waals surface area contributed by atoms with Gasteiger partial charge in [-0.3, -0.25) is 0 Å². The van der Waals surface area contributed by atoms with Gasteiger partial charge in [-0.05, 0) is 72.8 Å². The normalized spacial score (nSPS) is 36.8. The Morgan fingerprint density at radius 1 is 0.333 bits per heavy atom. The molecule has 7 aliphatic heterocycles. The van der Waals surface area contributed by atoms with Crippen molar-refractivity contribution >= 4 is 17.9 Å². The molecule has 0 radical (unpaired) electrons. The van der Waals surface area contributed by atoms with E-state index in [9.17, 15) is 60.3 Å². The van der Waals surface area contributed by atoms with Crippen molar-refractivity contribution in [1.29, 1.82) is 0 Å². The number of ether oxygens (including phenoxy) is 9. The van der Waals surface area contributed by atoms with Crippen molar-refractivity contribution < 1.29 is 103 Å². The van der Waals surface area contributed by atoms with Gasteiger partial charge in [-0.15, -0.1) is 0 Å². The molecule has 3 fully saturated rings. The maximum atomic E-state index is 12.9. The summed E-state index contributed by atoms with van der Waals surface area (Å²) in [5.74, 6) is -2.56. The third kappa shape index (κ3) is 9.32. The molecule has 12 bridgehead atoms. The van der Waals surface area contributed by atoms with Crippen LogP contribution in [-0.2, 0) is 28.4 Å². The largest absolute Gasteiger partial charge is 0.462 e. The van der Waals surface area contributed by atoms with Crippen LogP contribution in [0.5, 0.6) is 17.2 Å². The molecule has 15 atom stereocenters. The van der Waals surface area contributed by atoms with E-state index in [-0.39, 0.29) is 33.9 Å². The molecule has 3 aromatic carbocycles. The minimum atomic E-state index is -1.79. The lowest BCUT2D eigenvalue weighted by molar-refractivity contribution is -0.277. The van der Waals surface area contributed by atoms with Crippen LogP contribution in [0, 0.1) is 0 Å². The Labute approximate surface area is 339 Å². The number of aliphatic hydroxyl groups is 9. The van der Waals surface area contributed by atoms with Crippen molar-refractivity contribution in [1.82, 2.24) is 0 Å². The first-order chi connectivity index (χ1) is 28.7. The predicted octanol–water partition coefficient (Wildman–Crippen LogP) is -2.87. The number of aliphatic hydroxyl groups excluding tert-OH is 9. The molecule has 9 N–H and O–H groups in total. The Kier molecular flexibility index (Phi) is 13.2. The highest BCUT2D eigenvalue weighted by Gasteiger charge is 2.48. The van der Waals surface area contributed by atoms with Crippen molar-refractivity contribution in [3.63, 3.8) is 0 Å². The Bertz CT molecular complexity index is 1720. The zero-order valence-electron chi connectivity index (χ0n) is 31.1. The third-order valence-corrected chi connectivity index (χ3v) is 10.2. The minimum Gasteiger partial charge on any atom is -0.462 e. The average Bonchev–Trinajstić information content (AvgIpc) is 3.25. The summed E-state index contributed by atoms with van der Waals surface area (Å²) in [7, 11) is 0. The molecule has 0 aromatic heterocycles. The number of esters is 3. The van der Waals surface area contributed by atoms with Crippen molar-refractivity contribution in [3.8, 4) is 17.2 Å². The van der Waals surface area contributed by atoms with Crippen molar-refractivity contribution in [3.05, 3.63) is 89.5 Å². The molecule has 21 heteroatoms. The van der Waals surface area contributed by atoms with Gasteiger partial charge in [-0.2, -0.15) is 0 Å². The molecule has 0 unspecified atom stereocenters. The highest BCUT2D eigenvalue weighted by Crippen LogP contribution is 2.29. The fourth-order valence-electron chi connectivity index (χ4n) is 6.59. The molecular formula is C39H42O21. The fraction of sp³-hybridized carbons (Fsp3) is 0.462. The van der Waals surface area contributed by atoms with Crippen LogP contribution in [0.15, 0.2) is 72.8 Å². The standard InChI is InChI=1S/C39H42O21/c40-25-22-13-52-34(49)16-1-7-19(8-2-16)55-37-31(46)28(43)26(41)23(58-37)14-53-35(50)17-5-11-21(12-6-17)57-39-33(48)30(45)27(42)24(60-39)15-54-36(51)18-3-9-20(10-4-18)56-38(59-22)32(47)29(25)44/h1-12,22-33,37-48H,13-15H2/t22-,23-,24-,25-,26-,27-,28+,29+,30+,31-,32-,33-,37-,38-,39-/m1/s1. The summed E-state index contributed by atoms with van der Waals surface area (Å²) in [6.45, 7) is -1.81. The van der Waals surface area contributed by atoms with Gasteiger partial charge in [-0.1, -0.05) is 0 Å². The Balaban J connectivity index is 1.10. The predicted molar refractivity (Wildman–Crippen MR) is 192 cm³/mol. The topological polar surface area (TPSA) is 316 Å². The highest BCUT2D eigenvalue weighted by molar-refractivity contribution is 5.90. The van der Waals surface area contributed by atoms with E-state index in [0.717, 1.165) is 0 Å². The lowest BCUT2D eigenvalue weighted by atomic mass is 9.99. The van der Waals surface area contributed by atoms with E-state index in [1.54, 1.807) is 0 Å². The van der Waals surface area contributed by atoms with Gasteiger partial charge >= 0.3 is 17.9 Å². The van der Waals surface area contributed by atoms with Gasteiger partial charge in [0.15, 0.2) is 0 Å². The summed E-state index contributed by atoms with van der Waals surface area (Å²) in [6, 6.07) is 15.6. The molecule has 0 aliphatic carbocycles. The number of hydrogen-bond donors (Lipinski definition) is 9. The van der Waals surface area contributed by atoms with Gasteiger partial charge in [0.2, 0.25) is 18.9 Å². The minimum absolute atomic E-state index is 0.00633. The first kappa shape index (κ1) is 43.1. The van der Waals surface area contributed by atoms with Crippen LogP contribution in [0.25, 0.3) is 0 Å². The summed E-state index contributed by atoms with van der Waals surface area (Å²) >= 11 is 0. The zero-order valence-corrected chi connectivity index (χ0v) is 31.1. The third-order valence-electron chi connectivity index (χ3n) is 10.2. The molecule has 0 saturated carbocycles. The summed E-state index contributed by atoms with van der Waals surface area (Å²) in [4.78, 5) is 38.7. The zero-order chi connectivity index (χ0) is 42.8. The second kappa shape index (κ2) is 18.3. The van der Waals surface area contributed by atoms with Gasteiger partial charge < -0.3 is 88.6 Å². The molecule has 7 aliphatic rings. The molecule has 7 heterocycles. The molecule has 324 valence electrons. The SMILES string of the molecule is O=C1OC[C@H]2O[C@@H](Oc3ccc(cc3)C(=O)OC[C@H]3O[C@@H](Oc4ccc(cc4)C(=O)OC[C@H]4O[C@@H](Oc5ccc1cc5)[C@H](O)[C@@H](O)[C@@H]4O)[C@H](O)[C@@H](O)[C@@H]3O)[C@H](O)[C@@H](O)[C@@H]2O. The number of carbonyl (C=O) groups is 3. The van der Waals surface area contributed by atoms with E-state index in [4.69, 9.17) is 42.6 Å². The van der Waals surface area contributed by atoms with Crippen LogP contribution >= 0.6 is 0 Å². The molecular weight excluding hydrogens is 804 g/mol. The summed E-state index contributed by atoms with van der Waals surface area (Å²) in [6.07, 6.45) is -24.7. The molecule has 21 nitrogen and oxygen atoms in total. The average molecular weight is 847 g/mol. The van der Waals surface area contributed by atoms with Gasteiger partial charge in [0, 0.05) is 0 Å². The first-order valence-electron chi connectivity index (χ1n) is 18.6. The second-order valence-electron chi connectivity index (χ2n) is 14.3. The van der Waals surface area contributed by atoms with E-state index < -0.39 is 130 Å². The second-order valence-corrected chi connectivity index (χ2v) is 14.3. The molecule has 3 aromatic rings. The van der Waals surface area contributed by atoms with E-state index >= 15 is 0 Å². The maximum Gasteiger partial charge on any atom is 0.338 e. The number of hydrogen-bond acceptors (Lipinski definition) is 21. The van der Waals surface area contributed by atoms with Crippen LogP contribution in [0.4, 0.5) is 0 Å². The summed E-state index contributed by atoms with van der Waals surface area (Å²) in [5.41, 5.74) is -0.0190. The lowest BCUT2D eigenvalue weighted by Gasteiger charge is -2.40. The van der Waals surface area contributed by atoms with Crippen molar-refractivity contribution in [2.75, 3.05) is 19.8 Å². The van der Waals surface area contributed by atoms with Gasteiger partial charge in [0.05, 0.1) is 16.7 Å². The van der Waals surface area contributed by atoms with Gasteiger partial charge in [-0.25, -0.2) is 14.4 Å². The van der Waals surface area contributed by atoms with E-state index in [1.165, 1.54) is 72.8 Å². The van der Waals surface area contributed by atoms with E-state index in [1.807, 2.05) is 0 Å². The number of fused-ring (bicyclic) bond motifs is 3. The molecule has 0 spiro atoms. The Hall–Kier alpha value is -5.01. The van der Waals surface area contributed by atoms with Crippen LogP contribution < -0.4 is 14.2 Å². The smallest absolute Gasteiger partial charge is 0.338 e. The number of rotatable bonds is 0. The molecule has 0 amide bonds. The van der Waals surface area contributed by atoms with E-state index in [0.29, 0.717) is 0 Å². The van der Waals surface area contributed by atoms with Crippen LogP contribution in [-0.4, -0.2) is 176 Å². The van der Waals surface area contributed by atoms with Crippen LogP contribution in [0.1, 0.15) is 31.1 Å². The Morgan fingerprint density at radius 2 is 0.567 bits per heavy atom. The maximum absolute atomic E-state index is 12.9. The number of carbonyl (C=O) groups excluding carboxylic acids is 3. The van der Waals surface area contributed by atoms with Crippen molar-refractivity contribution in [2.24, 2.45) is 0 Å². The molecule has 10 rings (SSSR count). The highest BCUT2D eigenvalue weighted by atomic mass is 16.7. The molecule has 3 saturated heterocycles. The van der Waals surface area contributed by atoms with Crippen LogP contribution in [0.3, 0.4) is 0 Å². The lowest BCUT2D eigenvalue weighted by Crippen LogP contribution is -2.60. The van der Waals surface area contributed by atoms with Crippen LogP contribution in [0.2, 0.25) is 0 Å². The number of benzene rings is 3. The monoisotopic (exact) mass is 846 g/mol. The molecule has 60 heavy (non-hydrogen) atoms.